The summed E-state index contributed by atoms with van der Waals surface area (Å²) in [6.45, 7) is 9.31. The zero-order chi connectivity index (χ0) is 35.2. The maximum absolute atomic E-state index is 15.6. The summed E-state index contributed by atoms with van der Waals surface area (Å²) in [5, 5.41) is 8.29. The van der Waals surface area contributed by atoms with E-state index < -0.39 is 17.3 Å². The quantitative estimate of drug-likeness (QED) is 0.178. The number of carbonyl (C=O) groups excluding carboxylic acids is 1. The van der Waals surface area contributed by atoms with Gasteiger partial charge in [0.1, 0.15) is 18.2 Å². The van der Waals surface area contributed by atoms with Crippen LogP contribution in [0.4, 0.5) is 15.9 Å². The highest BCUT2D eigenvalue weighted by atomic mass is 19.1. The number of anilines is 2. The van der Waals surface area contributed by atoms with Gasteiger partial charge in [0.25, 0.3) is 5.56 Å². The molecule has 0 radical (unpaired) electrons. The van der Waals surface area contributed by atoms with Gasteiger partial charge in [-0.1, -0.05) is 39.0 Å². The Balaban J connectivity index is 1.30. The number of hydrogen-bond donors (Lipinski definition) is 1. The van der Waals surface area contributed by atoms with Gasteiger partial charge in [-0.3, -0.25) is 9.59 Å². The predicted molar refractivity (Wildman–Crippen MR) is 193 cm³/mol. The van der Waals surface area contributed by atoms with Crippen LogP contribution in [0.25, 0.3) is 33.2 Å². The van der Waals surface area contributed by atoms with Crippen molar-refractivity contribution in [2.45, 2.75) is 58.5 Å². The Labute approximate surface area is 289 Å². The first-order valence-electron chi connectivity index (χ1n) is 16.8. The number of aromatic nitrogens is 5. The largest absolute Gasteiger partial charge is 0.461 e. The van der Waals surface area contributed by atoms with Crippen molar-refractivity contribution in [2.75, 3.05) is 25.5 Å². The average molecular weight is 674 g/mol. The summed E-state index contributed by atoms with van der Waals surface area (Å²) in [6.07, 6.45) is 11.2. The van der Waals surface area contributed by atoms with Crippen LogP contribution < -0.4 is 10.9 Å². The molecule has 0 atom stereocenters. The van der Waals surface area contributed by atoms with Crippen molar-refractivity contribution in [2.24, 2.45) is 0 Å². The SMILES string of the molecule is CC(=O)OCc1c(-c2cc(Nc3ccc(C4CCN(C)CC4)cn3)c3nccn3c2)cccc1-n1ncc2cc(C(C)(C)C)cc(F)c2c1=O. The number of benzene rings is 2. The minimum atomic E-state index is -0.611. The molecule has 10 nitrogen and oxygen atoms in total. The molecular weight excluding hydrogens is 633 g/mol. The summed E-state index contributed by atoms with van der Waals surface area (Å²) in [7, 11) is 2.16. The van der Waals surface area contributed by atoms with Crippen molar-refractivity contribution >= 4 is 33.9 Å². The standard InChI is InChI=1S/C39H40FN7O3/c1-24(48)50-23-31-30(7-6-8-34(31)47-38(49)36-27(21-43-47)17-29(19-32(36)40)39(2,3)4)28-18-33(37-41-13-16-46(37)22-28)44-35-10-9-26(20-42-35)25-11-14-45(5)15-12-25/h6-10,13,16-22,25H,11-12,14-15,23H2,1-5H3,(H,42,44). The third kappa shape index (κ3) is 6.48. The third-order valence-electron chi connectivity index (χ3n) is 9.54. The molecule has 0 bridgehead atoms. The van der Waals surface area contributed by atoms with E-state index in [9.17, 15) is 9.59 Å². The van der Waals surface area contributed by atoms with Crippen LogP contribution >= 0.6 is 0 Å². The number of esters is 1. The van der Waals surface area contributed by atoms with Crippen LogP contribution in [-0.4, -0.2) is 55.2 Å². The summed E-state index contributed by atoms with van der Waals surface area (Å²) in [5.74, 6) is 0.0919. The molecule has 1 saturated heterocycles. The molecule has 0 spiro atoms. The minimum absolute atomic E-state index is 0.0579. The second-order valence-electron chi connectivity index (χ2n) is 14.1. The minimum Gasteiger partial charge on any atom is -0.461 e. The van der Waals surface area contributed by atoms with Gasteiger partial charge in [0.2, 0.25) is 0 Å². The molecule has 1 aliphatic heterocycles. The number of nitrogens with zero attached hydrogens (tertiary/aromatic N) is 6. The van der Waals surface area contributed by atoms with Crippen LogP contribution in [-0.2, 0) is 21.6 Å². The fourth-order valence-electron chi connectivity index (χ4n) is 6.68. The van der Waals surface area contributed by atoms with E-state index >= 15 is 4.39 Å². The summed E-state index contributed by atoms with van der Waals surface area (Å²) in [4.78, 5) is 37.6. The van der Waals surface area contributed by atoms with Crippen molar-refractivity contribution in [3.8, 4) is 16.8 Å². The molecule has 1 aliphatic rings. The number of halogens is 1. The Kier molecular flexibility index (Phi) is 8.69. The van der Waals surface area contributed by atoms with Gasteiger partial charge in [0.15, 0.2) is 5.65 Å². The van der Waals surface area contributed by atoms with Crippen molar-refractivity contribution in [3.05, 3.63) is 112 Å². The summed E-state index contributed by atoms with van der Waals surface area (Å²) < 4.78 is 24.2. The van der Waals surface area contributed by atoms with Crippen molar-refractivity contribution < 1.29 is 13.9 Å². The Morgan fingerprint density at radius 3 is 2.58 bits per heavy atom. The molecule has 50 heavy (non-hydrogen) atoms. The Bertz CT molecular complexity index is 2280. The van der Waals surface area contributed by atoms with Gasteiger partial charge < -0.3 is 19.4 Å². The monoisotopic (exact) mass is 673 g/mol. The predicted octanol–water partition coefficient (Wildman–Crippen LogP) is 7.15. The smallest absolute Gasteiger partial charge is 0.302 e. The lowest BCUT2D eigenvalue weighted by Crippen LogP contribution is -2.29. The van der Waals surface area contributed by atoms with E-state index in [1.165, 1.54) is 29.4 Å². The van der Waals surface area contributed by atoms with Crippen molar-refractivity contribution in [1.82, 2.24) is 29.0 Å². The number of hydrogen-bond acceptors (Lipinski definition) is 8. The van der Waals surface area contributed by atoms with Crippen LogP contribution in [0.3, 0.4) is 0 Å². The molecule has 0 saturated carbocycles. The number of ether oxygens (including phenoxy) is 1. The van der Waals surface area contributed by atoms with Crippen LogP contribution in [0.2, 0.25) is 0 Å². The Morgan fingerprint density at radius 2 is 1.86 bits per heavy atom. The molecule has 0 unspecified atom stereocenters. The van der Waals surface area contributed by atoms with Gasteiger partial charge >= 0.3 is 5.97 Å². The molecule has 7 rings (SSSR count). The Morgan fingerprint density at radius 1 is 1.06 bits per heavy atom. The van der Waals surface area contributed by atoms with Crippen LogP contribution in [0.1, 0.15) is 63.1 Å². The molecule has 0 amide bonds. The van der Waals surface area contributed by atoms with Crippen LogP contribution in [0.5, 0.6) is 0 Å². The molecule has 4 aromatic heterocycles. The molecule has 1 fully saturated rings. The fourth-order valence-corrected chi connectivity index (χ4v) is 6.68. The summed E-state index contributed by atoms with van der Waals surface area (Å²) in [6, 6.07) is 14.7. The third-order valence-corrected chi connectivity index (χ3v) is 9.54. The second kappa shape index (κ2) is 13.1. The number of carbonyl (C=O) groups is 1. The zero-order valence-corrected chi connectivity index (χ0v) is 28.9. The van der Waals surface area contributed by atoms with Gasteiger partial charge in [-0.15, -0.1) is 0 Å². The van der Waals surface area contributed by atoms with E-state index in [1.54, 1.807) is 24.4 Å². The fraction of sp³-hybridized carbons (Fsp3) is 0.308. The molecule has 11 heteroatoms. The van der Waals surface area contributed by atoms with E-state index in [0.29, 0.717) is 45.3 Å². The number of likely N-dealkylation sites (tertiary alicyclic amines) is 1. The zero-order valence-electron chi connectivity index (χ0n) is 28.9. The van der Waals surface area contributed by atoms with Gasteiger partial charge in [-0.25, -0.2) is 14.4 Å². The number of rotatable bonds is 7. The van der Waals surface area contributed by atoms with E-state index in [2.05, 4.69) is 33.4 Å². The molecule has 256 valence electrons. The maximum atomic E-state index is 15.6. The highest BCUT2D eigenvalue weighted by molar-refractivity contribution is 5.84. The molecule has 5 heterocycles. The van der Waals surface area contributed by atoms with Crippen molar-refractivity contribution in [1.29, 1.82) is 0 Å². The number of fused-ring (bicyclic) bond motifs is 2. The van der Waals surface area contributed by atoms with Gasteiger partial charge in [-0.2, -0.15) is 9.78 Å². The first kappa shape index (κ1) is 33.1. The second-order valence-corrected chi connectivity index (χ2v) is 14.1. The summed E-state index contributed by atoms with van der Waals surface area (Å²) in [5.41, 5.74) is 4.87. The van der Waals surface area contributed by atoms with Gasteiger partial charge in [-0.05, 0) is 91.3 Å². The topological polar surface area (TPSA) is 107 Å². The van der Waals surface area contributed by atoms with Crippen LogP contribution in [0.15, 0.2) is 84.3 Å². The maximum Gasteiger partial charge on any atom is 0.302 e. The summed E-state index contributed by atoms with van der Waals surface area (Å²) >= 11 is 0. The molecule has 0 aliphatic carbocycles. The average Bonchev–Trinajstić information content (AvgIpc) is 3.57. The van der Waals surface area contributed by atoms with Gasteiger partial charge in [0, 0.05) is 48.2 Å². The highest BCUT2D eigenvalue weighted by Gasteiger charge is 2.22. The van der Waals surface area contributed by atoms with Gasteiger partial charge in [0.05, 0.1) is 23.0 Å². The number of pyridine rings is 2. The first-order valence-corrected chi connectivity index (χ1v) is 16.8. The number of piperidine rings is 1. The molecular formula is C39H40FN7O3. The lowest BCUT2D eigenvalue weighted by molar-refractivity contribution is -0.142. The van der Waals surface area contributed by atoms with Crippen molar-refractivity contribution in [3.63, 3.8) is 0 Å². The van der Waals surface area contributed by atoms with Crippen LogP contribution in [0, 0.1) is 5.82 Å². The number of imidazole rings is 1. The lowest BCUT2D eigenvalue weighted by atomic mass is 9.86. The van der Waals surface area contributed by atoms with E-state index in [-0.39, 0.29) is 17.4 Å². The normalized spacial score (nSPS) is 14.4. The first-order chi connectivity index (χ1) is 24.0. The molecule has 1 N–H and O–H groups in total. The van der Waals surface area contributed by atoms with E-state index in [0.717, 1.165) is 37.1 Å². The molecule has 2 aromatic carbocycles. The lowest BCUT2D eigenvalue weighted by Gasteiger charge is -2.29. The highest BCUT2D eigenvalue weighted by Crippen LogP contribution is 2.34. The van der Waals surface area contributed by atoms with E-state index in [1.807, 2.05) is 62.0 Å². The van der Waals surface area contributed by atoms with E-state index in [4.69, 9.17) is 9.72 Å². The Hall–Kier alpha value is -5.42. The number of nitrogens with one attached hydrogen (secondary N) is 1. The molecule has 6 aromatic rings.